The van der Waals surface area contributed by atoms with Crippen molar-refractivity contribution >= 4 is 57.8 Å². The molecule has 2 amide bonds. The Balaban J connectivity index is 1.26. The Bertz CT molecular complexity index is 1690. The zero-order valence-corrected chi connectivity index (χ0v) is 26.0. The van der Waals surface area contributed by atoms with E-state index in [9.17, 15) is 9.59 Å². The molecule has 2 atom stereocenters. The van der Waals surface area contributed by atoms with Crippen LogP contribution in [-0.4, -0.2) is 51.0 Å². The normalized spacial score (nSPS) is 17.6. The zero-order valence-electron chi connectivity index (χ0n) is 23.6. The number of amides is 2. The summed E-state index contributed by atoms with van der Waals surface area (Å²) in [6.45, 7) is 0.237. The molecule has 1 unspecified atom stereocenters. The number of fused-ring (bicyclic) bond motifs is 1. The van der Waals surface area contributed by atoms with Gasteiger partial charge in [0.1, 0.15) is 41.5 Å². The van der Waals surface area contributed by atoms with Crippen LogP contribution in [0.3, 0.4) is 0 Å². The van der Waals surface area contributed by atoms with Crippen LogP contribution in [0.2, 0.25) is 0 Å². The SMILES string of the molecule is COc1ccc(COC(=S)C2=C(c3nc(-c4cc[n+](C)cc4)cs3)CS[C@@H]3C(NC(=O)Cc4ccccc4)C(=O)N23)cc1. The molecule has 1 fully saturated rings. The summed E-state index contributed by atoms with van der Waals surface area (Å²) in [5.41, 5.74) is 5.06. The molecule has 2 aliphatic heterocycles. The first-order valence-corrected chi connectivity index (χ1v) is 16.0. The van der Waals surface area contributed by atoms with Gasteiger partial charge in [-0.3, -0.25) is 14.5 Å². The Kier molecular flexibility index (Phi) is 8.55. The van der Waals surface area contributed by atoms with E-state index in [1.165, 1.54) is 11.3 Å². The largest absolute Gasteiger partial charge is 0.497 e. The van der Waals surface area contributed by atoms with Gasteiger partial charge < -0.3 is 14.8 Å². The molecule has 1 saturated heterocycles. The molecule has 2 aromatic heterocycles. The summed E-state index contributed by atoms with van der Waals surface area (Å²) in [6.07, 6.45) is 4.17. The van der Waals surface area contributed by atoms with E-state index >= 15 is 0 Å². The number of rotatable bonds is 9. The lowest BCUT2D eigenvalue weighted by molar-refractivity contribution is -0.671. The van der Waals surface area contributed by atoms with E-state index in [2.05, 4.69) is 5.32 Å². The van der Waals surface area contributed by atoms with Crippen molar-refractivity contribution < 1.29 is 23.6 Å². The lowest BCUT2D eigenvalue weighted by Gasteiger charge is -2.50. The summed E-state index contributed by atoms with van der Waals surface area (Å²) < 4.78 is 13.3. The highest BCUT2D eigenvalue weighted by Crippen LogP contribution is 2.45. The van der Waals surface area contributed by atoms with Crippen LogP contribution in [0.5, 0.6) is 5.75 Å². The van der Waals surface area contributed by atoms with E-state index in [-0.39, 0.29) is 35.3 Å². The third kappa shape index (κ3) is 6.20. The number of aromatic nitrogens is 2. The van der Waals surface area contributed by atoms with Crippen LogP contribution in [0, 0.1) is 0 Å². The third-order valence-corrected chi connectivity index (χ3v) is 9.74. The number of benzene rings is 2. The van der Waals surface area contributed by atoms with Gasteiger partial charge in [0.25, 0.3) is 5.91 Å². The van der Waals surface area contributed by atoms with E-state index in [0.717, 1.165) is 38.7 Å². The molecule has 4 aromatic rings. The second kappa shape index (κ2) is 12.7. The highest BCUT2D eigenvalue weighted by Gasteiger charge is 2.54. The van der Waals surface area contributed by atoms with Crippen LogP contribution < -0.4 is 14.6 Å². The summed E-state index contributed by atoms with van der Waals surface area (Å²) in [6, 6.07) is 20.4. The van der Waals surface area contributed by atoms with Gasteiger partial charge in [-0.2, -0.15) is 0 Å². The number of pyridine rings is 1. The van der Waals surface area contributed by atoms with Crippen molar-refractivity contribution in [3.63, 3.8) is 0 Å². The Morgan fingerprint density at radius 3 is 2.56 bits per heavy atom. The van der Waals surface area contributed by atoms with Gasteiger partial charge in [-0.15, -0.1) is 23.1 Å². The minimum Gasteiger partial charge on any atom is -0.497 e. The lowest BCUT2D eigenvalue weighted by atomic mass is 10.0. The number of thioether (sulfide) groups is 1. The van der Waals surface area contributed by atoms with Crippen molar-refractivity contribution in [1.29, 1.82) is 0 Å². The van der Waals surface area contributed by atoms with Crippen LogP contribution in [0.1, 0.15) is 16.1 Å². The second-order valence-corrected chi connectivity index (χ2v) is 12.5. The summed E-state index contributed by atoms with van der Waals surface area (Å²) in [5, 5.41) is 5.67. The van der Waals surface area contributed by atoms with E-state index in [4.69, 9.17) is 26.7 Å². The smallest absolute Gasteiger partial charge is 0.253 e. The second-order valence-electron chi connectivity index (χ2n) is 10.2. The van der Waals surface area contributed by atoms with E-state index in [0.29, 0.717) is 11.4 Å². The lowest BCUT2D eigenvalue weighted by Crippen LogP contribution is -2.70. The average Bonchev–Trinajstić information content (AvgIpc) is 3.53. The van der Waals surface area contributed by atoms with Crippen molar-refractivity contribution in [1.82, 2.24) is 15.2 Å². The number of nitrogens with zero attached hydrogens (tertiary/aromatic N) is 3. The standard InChI is InChI=1S/C32H28N4O4S3/c1-35-14-12-22(13-15-35)25-19-42-29(33-25)24-18-43-31-27(34-26(37)16-20-6-4-3-5-7-20)30(38)36(31)28(24)32(41)40-17-21-8-10-23(39-2)11-9-21/h3-15,19,27,31H,16-18H2,1-2H3/p+1/t27?,31-/m1/s1. The fraction of sp³-hybridized carbons (Fsp3) is 0.219. The number of thiocarbonyl (C=S) groups is 1. The molecule has 11 heteroatoms. The number of ether oxygens (including phenoxy) is 2. The summed E-state index contributed by atoms with van der Waals surface area (Å²) in [5.74, 6) is 0.910. The van der Waals surface area contributed by atoms with E-state index < -0.39 is 6.04 Å². The van der Waals surface area contributed by atoms with Gasteiger partial charge in [0.15, 0.2) is 12.4 Å². The molecule has 6 rings (SSSR count). The molecule has 43 heavy (non-hydrogen) atoms. The van der Waals surface area contributed by atoms with Gasteiger partial charge in [0, 0.05) is 34.4 Å². The van der Waals surface area contributed by atoms with Gasteiger partial charge in [0.05, 0.1) is 19.2 Å². The van der Waals surface area contributed by atoms with Crippen molar-refractivity contribution in [2.24, 2.45) is 7.05 Å². The quantitative estimate of drug-likeness (QED) is 0.165. The first kappa shape index (κ1) is 29.0. The van der Waals surface area contributed by atoms with Crippen molar-refractivity contribution in [2.75, 3.05) is 12.9 Å². The molecule has 0 saturated carbocycles. The van der Waals surface area contributed by atoms with Crippen molar-refractivity contribution in [3.8, 4) is 17.0 Å². The number of carbonyl (C=O) groups is 2. The Labute approximate surface area is 263 Å². The predicted octanol–water partition coefficient (Wildman–Crippen LogP) is 4.54. The fourth-order valence-corrected chi connectivity index (χ4v) is 7.53. The number of methoxy groups -OCH3 is 1. The predicted molar refractivity (Wildman–Crippen MR) is 171 cm³/mol. The molecule has 8 nitrogen and oxygen atoms in total. The minimum absolute atomic E-state index is 0.194. The van der Waals surface area contributed by atoms with Gasteiger partial charge in [-0.1, -0.05) is 42.5 Å². The molecule has 2 aliphatic rings. The number of carbonyl (C=O) groups excluding carboxylic acids is 2. The van der Waals surface area contributed by atoms with Crippen LogP contribution in [0.15, 0.2) is 90.2 Å². The maximum absolute atomic E-state index is 13.6. The summed E-state index contributed by atoms with van der Waals surface area (Å²) in [4.78, 5) is 33.0. The van der Waals surface area contributed by atoms with E-state index in [1.807, 2.05) is 96.1 Å². The molecule has 4 heterocycles. The van der Waals surface area contributed by atoms with Crippen LogP contribution >= 0.6 is 35.3 Å². The topological polar surface area (TPSA) is 84.6 Å². The Morgan fingerprint density at radius 1 is 1.09 bits per heavy atom. The van der Waals surface area contributed by atoms with E-state index in [1.54, 1.807) is 23.8 Å². The van der Waals surface area contributed by atoms with Crippen LogP contribution in [0.4, 0.5) is 0 Å². The zero-order chi connectivity index (χ0) is 29.9. The first-order chi connectivity index (χ1) is 20.9. The molecule has 1 N–H and O–H groups in total. The molecule has 0 radical (unpaired) electrons. The molecular weight excluding hydrogens is 601 g/mol. The fourth-order valence-electron chi connectivity index (χ4n) is 4.93. The Hall–Kier alpha value is -4.06. The highest BCUT2D eigenvalue weighted by molar-refractivity contribution is 8.00. The van der Waals surface area contributed by atoms with Gasteiger partial charge in [0.2, 0.25) is 11.0 Å². The number of β-lactam (4-membered cyclic amide) rings is 1. The van der Waals surface area contributed by atoms with Crippen LogP contribution in [-0.2, 0) is 34.4 Å². The number of aryl methyl sites for hydroxylation is 1. The first-order valence-electron chi connectivity index (χ1n) is 13.6. The average molecular weight is 630 g/mol. The maximum atomic E-state index is 13.6. The number of nitrogens with one attached hydrogen (secondary N) is 1. The van der Waals surface area contributed by atoms with Gasteiger partial charge in [-0.05, 0) is 35.5 Å². The molecule has 0 bridgehead atoms. The molecule has 218 valence electrons. The number of hydrogen-bond acceptors (Lipinski definition) is 8. The number of hydrogen-bond donors (Lipinski definition) is 1. The van der Waals surface area contributed by atoms with Crippen molar-refractivity contribution in [3.05, 3.63) is 106 Å². The molecule has 0 aliphatic carbocycles. The highest BCUT2D eigenvalue weighted by atomic mass is 32.2. The third-order valence-electron chi connectivity index (χ3n) is 7.25. The molecule has 2 aromatic carbocycles. The summed E-state index contributed by atoms with van der Waals surface area (Å²) in [7, 11) is 3.59. The van der Waals surface area contributed by atoms with Gasteiger partial charge in [-0.25, -0.2) is 9.55 Å². The van der Waals surface area contributed by atoms with Crippen molar-refractivity contribution in [2.45, 2.75) is 24.4 Å². The monoisotopic (exact) mass is 629 g/mol. The minimum atomic E-state index is -0.640. The Morgan fingerprint density at radius 2 is 1.84 bits per heavy atom. The number of thiazole rings is 1. The van der Waals surface area contributed by atoms with Gasteiger partial charge >= 0.3 is 0 Å². The summed E-state index contributed by atoms with van der Waals surface area (Å²) >= 11 is 8.92. The molecular formula is C32H29N4O4S3+. The molecule has 0 spiro atoms. The van der Waals surface area contributed by atoms with Crippen LogP contribution in [0.25, 0.3) is 16.8 Å². The maximum Gasteiger partial charge on any atom is 0.253 e.